The fourth-order valence-electron chi connectivity index (χ4n) is 2.73. The topological polar surface area (TPSA) is 75.0 Å². The lowest BCUT2D eigenvalue weighted by Crippen LogP contribution is -2.21. The zero-order valence-corrected chi connectivity index (χ0v) is 11.6. The summed E-state index contributed by atoms with van der Waals surface area (Å²) in [4.78, 5) is 13.7. The molecule has 0 aliphatic carbocycles. The van der Waals surface area contributed by atoms with Gasteiger partial charge in [-0.25, -0.2) is 5.10 Å². The third-order valence-electron chi connectivity index (χ3n) is 3.65. The molecule has 5 nitrogen and oxygen atoms in total. The molecule has 6 heteroatoms. The van der Waals surface area contributed by atoms with E-state index in [9.17, 15) is 4.79 Å². The first-order valence-electron chi connectivity index (χ1n) is 6.52. The van der Waals surface area contributed by atoms with E-state index < -0.39 is 0 Å². The van der Waals surface area contributed by atoms with Crippen LogP contribution in [-0.2, 0) is 0 Å². The van der Waals surface area contributed by atoms with Crippen LogP contribution in [0.3, 0.4) is 0 Å². The summed E-state index contributed by atoms with van der Waals surface area (Å²) >= 11 is 6.11. The Hall–Kier alpha value is -1.85. The Labute approximate surface area is 121 Å². The Kier molecular flexibility index (Phi) is 3.46. The van der Waals surface area contributed by atoms with Crippen LogP contribution in [0, 0.1) is 0 Å². The highest BCUT2D eigenvalue weighted by Gasteiger charge is 2.30. The molecule has 3 N–H and O–H groups in total. The van der Waals surface area contributed by atoms with E-state index in [0.717, 1.165) is 18.7 Å². The summed E-state index contributed by atoms with van der Waals surface area (Å²) in [5.41, 5.74) is 8.28. The number of para-hydroxylation sites is 1. The number of rotatable bonds is 3. The summed E-state index contributed by atoms with van der Waals surface area (Å²) in [6.07, 6.45) is 2.49. The van der Waals surface area contributed by atoms with Gasteiger partial charge in [0.2, 0.25) is 0 Å². The van der Waals surface area contributed by atoms with Crippen molar-refractivity contribution in [3.8, 4) is 0 Å². The smallest absolute Gasteiger partial charge is 0.285 e. The van der Waals surface area contributed by atoms with Crippen LogP contribution in [0.1, 0.15) is 17.9 Å². The minimum Gasteiger partial charge on any atom is -0.338 e. The number of aromatic nitrogens is 2. The van der Waals surface area contributed by atoms with Gasteiger partial charge >= 0.3 is 0 Å². The molecule has 1 aromatic carbocycles. The molecule has 0 saturated carbocycles. The van der Waals surface area contributed by atoms with Crippen molar-refractivity contribution in [2.24, 2.45) is 5.73 Å². The number of nitrogens with two attached hydrogens (primary N) is 1. The van der Waals surface area contributed by atoms with Crippen LogP contribution in [0.4, 0.5) is 11.4 Å². The molecular formula is C14H15ClN4O. The minimum absolute atomic E-state index is 0.170. The third kappa shape index (κ3) is 2.09. The van der Waals surface area contributed by atoms with Crippen LogP contribution < -0.4 is 16.2 Å². The lowest BCUT2D eigenvalue weighted by atomic mass is 9.98. The highest BCUT2D eigenvalue weighted by molar-refractivity contribution is 6.33. The Balaban J connectivity index is 2.08. The number of hydrogen-bond donors (Lipinski definition) is 2. The van der Waals surface area contributed by atoms with Gasteiger partial charge in [0.15, 0.2) is 0 Å². The van der Waals surface area contributed by atoms with Crippen LogP contribution in [0.5, 0.6) is 0 Å². The number of nitrogens with zero attached hydrogens (tertiary/aromatic N) is 2. The van der Waals surface area contributed by atoms with E-state index in [-0.39, 0.29) is 10.6 Å². The van der Waals surface area contributed by atoms with E-state index >= 15 is 0 Å². The van der Waals surface area contributed by atoms with E-state index in [0.29, 0.717) is 18.2 Å². The first kappa shape index (κ1) is 13.1. The number of fused-ring (bicyclic) bond motifs is 1. The molecule has 0 bridgehead atoms. The molecule has 1 atom stereocenters. The number of H-pyrrole nitrogens is 1. The molecule has 2 aromatic rings. The van der Waals surface area contributed by atoms with Gasteiger partial charge in [-0.1, -0.05) is 29.8 Å². The summed E-state index contributed by atoms with van der Waals surface area (Å²) in [7, 11) is 0. The van der Waals surface area contributed by atoms with Crippen LogP contribution in [-0.4, -0.2) is 23.3 Å². The second-order valence-corrected chi connectivity index (χ2v) is 5.22. The number of benzene rings is 1. The van der Waals surface area contributed by atoms with Crippen molar-refractivity contribution in [1.29, 1.82) is 0 Å². The van der Waals surface area contributed by atoms with Gasteiger partial charge < -0.3 is 10.6 Å². The number of aromatic amines is 1. The summed E-state index contributed by atoms with van der Waals surface area (Å²) in [6, 6.07) is 8.13. The third-order valence-corrected chi connectivity index (χ3v) is 4.02. The van der Waals surface area contributed by atoms with Crippen molar-refractivity contribution in [3.63, 3.8) is 0 Å². The molecule has 0 spiro atoms. The molecule has 0 fully saturated rings. The Morgan fingerprint density at radius 2 is 2.20 bits per heavy atom. The maximum atomic E-state index is 11.6. The maximum absolute atomic E-state index is 11.6. The predicted octanol–water partition coefficient (Wildman–Crippen LogP) is 2.01. The highest BCUT2D eigenvalue weighted by atomic mass is 35.5. The van der Waals surface area contributed by atoms with E-state index in [1.807, 2.05) is 23.1 Å². The monoisotopic (exact) mass is 290 g/mol. The molecule has 3 rings (SSSR count). The highest BCUT2D eigenvalue weighted by Crippen LogP contribution is 2.42. The number of anilines is 2. The molecule has 20 heavy (non-hydrogen) atoms. The van der Waals surface area contributed by atoms with Crippen LogP contribution in [0.2, 0.25) is 5.02 Å². The van der Waals surface area contributed by atoms with Crippen molar-refractivity contribution in [1.82, 2.24) is 10.2 Å². The minimum atomic E-state index is -0.371. The fourth-order valence-corrected chi connectivity index (χ4v) is 2.93. The molecule has 1 unspecified atom stereocenters. The lowest BCUT2D eigenvalue weighted by Gasteiger charge is -2.20. The van der Waals surface area contributed by atoms with Crippen LogP contribution in [0.25, 0.3) is 0 Å². The maximum Gasteiger partial charge on any atom is 0.285 e. The van der Waals surface area contributed by atoms with Crippen molar-refractivity contribution in [2.45, 2.75) is 12.3 Å². The summed E-state index contributed by atoms with van der Waals surface area (Å²) in [6.45, 7) is 1.40. The first-order chi connectivity index (χ1) is 9.72. The number of nitrogens with one attached hydrogen (secondary N) is 1. The van der Waals surface area contributed by atoms with Crippen LogP contribution >= 0.6 is 11.6 Å². The molecule has 1 aliphatic heterocycles. The standard InChI is InChI=1S/C14H15ClN4O/c15-13-12(7-17-18-14(13)20)19-8-9(5-6-16)10-3-1-2-4-11(10)19/h1-4,7,9H,5-6,8,16H2,(H,18,20). The quantitative estimate of drug-likeness (QED) is 0.907. The van der Waals surface area contributed by atoms with Gasteiger partial charge in [-0.3, -0.25) is 4.79 Å². The Morgan fingerprint density at radius 3 is 3.00 bits per heavy atom. The molecule has 1 aromatic heterocycles. The van der Waals surface area contributed by atoms with Gasteiger partial charge in [0, 0.05) is 18.2 Å². The summed E-state index contributed by atoms with van der Waals surface area (Å²) in [5, 5.41) is 6.35. The van der Waals surface area contributed by atoms with Gasteiger partial charge in [-0.15, -0.1) is 0 Å². The van der Waals surface area contributed by atoms with Gasteiger partial charge in [0.1, 0.15) is 5.02 Å². The van der Waals surface area contributed by atoms with Crippen molar-refractivity contribution in [3.05, 3.63) is 51.4 Å². The van der Waals surface area contributed by atoms with Gasteiger partial charge in [0.05, 0.1) is 11.9 Å². The fraction of sp³-hybridized carbons (Fsp3) is 0.286. The number of halogens is 1. The van der Waals surface area contributed by atoms with Gasteiger partial charge in [0.25, 0.3) is 5.56 Å². The summed E-state index contributed by atoms with van der Waals surface area (Å²) < 4.78 is 0. The Bertz CT molecular complexity index is 685. The van der Waals surface area contributed by atoms with E-state index in [4.69, 9.17) is 17.3 Å². The zero-order chi connectivity index (χ0) is 14.1. The zero-order valence-electron chi connectivity index (χ0n) is 10.8. The second-order valence-electron chi connectivity index (χ2n) is 4.84. The molecule has 0 amide bonds. The van der Waals surface area contributed by atoms with Crippen LogP contribution in [0.15, 0.2) is 35.3 Å². The molecule has 104 valence electrons. The lowest BCUT2D eigenvalue weighted by molar-refractivity contribution is 0.668. The number of hydrogen-bond acceptors (Lipinski definition) is 4. The van der Waals surface area contributed by atoms with E-state index in [1.54, 1.807) is 6.20 Å². The van der Waals surface area contributed by atoms with Gasteiger partial charge in [-0.2, -0.15) is 5.10 Å². The SMILES string of the molecule is NCCC1CN(c2cn[nH]c(=O)c2Cl)c2ccccc21. The average Bonchev–Trinajstić information content (AvgIpc) is 2.82. The molecule has 0 radical (unpaired) electrons. The molecular weight excluding hydrogens is 276 g/mol. The molecule has 2 heterocycles. The normalized spacial score (nSPS) is 17.3. The largest absolute Gasteiger partial charge is 0.338 e. The van der Waals surface area contributed by atoms with E-state index in [2.05, 4.69) is 16.3 Å². The van der Waals surface area contributed by atoms with Gasteiger partial charge in [-0.05, 0) is 24.6 Å². The molecule has 0 saturated heterocycles. The van der Waals surface area contributed by atoms with E-state index in [1.165, 1.54) is 5.56 Å². The van der Waals surface area contributed by atoms with Crippen molar-refractivity contribution < 1.29 is 0 Å². The molecule has 1 aliphatic rings. The average molecular weight is 291 g/mol. The second kappa shape index (κ2) is 5.26. The van der Waals surface area contributed by atoms with Crippen molar-refractivity contribution in [2.75, 3.05) is 18.0 Å². The summed E-state index contributed by atoms with van der Waals surface area (Å²) in [5.74, 6) is 0.353. The first-order valence-corrected chi connectivity index (χ1v) is 6.90. The Morgan fingerprint density at radius 1 is 1.40 bits per heavy atom. The predicted molar refractivity (Wildman–Crippen MR) is 79.7 cm³/mol. The van der Waals surface area contributed by atoms with Crippen molar-refractivity contribution >= 4 is 23.0 Å².